The Morgan fingerprint density at radius 1 is 1.09 bits per heavy atom. The Hall–Kier alpha value is -2.54. The molecule has 0 aliphatic heterocycles. The summed E-state index contributed by atoms with van der Waals surface area (Å²) in [4.78, 5) is 14.1. The molecule has 0 aliphatic carbocycles. The smallest absolute Gasteiger partial charge is 0.227 e. The lowest BCUT2D eigenvalue weighted by molar-refractivity contribution is 0.628. The van der Waals surface area contributed by atoms with E-state index >= 15 is 0 Å². The van der Waals surface area contributed by atoms with Gasteiger partial charge in [-0.15, -0.1) is 0 Å². The summed E-state index contributed by atoms with van der Waals surface area (Å²) in [6.45, 7) is 1.95. The van der Waals surface area contributed by atoms with Crippen molar-refractivity contribution in [3.63, 3.8) is 0 Å². The standard InChI is InChI=1S/C15H14FN5S/c1-9-13(22-15(17-2)19-9)12-7-8-18-14(21-12)20-11-5-3-10(16)4-6-11/h3-8H,1-2H3,(H,17,19)(H,18,20,21). The van der Waals surface area contributed by atoms with Gasteiger partial charge < -0.3 is 10.6 Å². The van der Waals surface area contributed by atoms with E-state index in [4.69, 9.17) is 0 Å². The molecule has 0 saturated heterocycles. The fourth-order valence-corrected chi connectivity index (χ4v) is 2.84. The van der Waals surface area contributed by atoms with Crippen molar-refractivity contribution in [3.8, 4) is 10.6 Å². The molecular weight excluding hydrogens is 301 g/mol. The van der Waals surface area contributed by atoms with Gasteiger partial charge in [-0.3, -0.25) is 0 Å². The molecule has 0 spiro atoms. The van der Waals surface area contributed by atoms with Crippen molar-refractivity contribution in [3.05, 3.63) is 48.0 Å². The van der Waals surface area contributed by atoms with Crippen LogP contribution in [-0.4, -0.2) is 22.0 Å². The number of halogens is 1. The molecule has 0 unspecified atom stereocenters. The summed E-state index contributed by atoms with van der Waals surface area (Å²) >= 11 is 1.54. The first-order chi connectivity index (χ1) is 10.7. The molecule has 0 aliphatic rings. The summed E-state index contributed by atoms with van der Waals surface area (Å²) in [5, 5.41) is 6.94. The van der Waals surface area contributed by atoms with Crippen LogP contribution in [-0.2, 0) is 0 Å². The number of aryl methyl sites for hydroxylation is 1. The summed E-state index contributed by atoms with van der Waals surface area (Å²) < 4.78 is 12.9. The van der Waals surface area contributed by atoms with E-state index in [9.17, 15) is 4.39 Å². The third-order valence-electron chi connectivity index (χ3n) is 3.00. The minimum Gasteiger partial charge on any atom is -0.365 e. The van der Waals surface area contributed by atoms with Crippen LogP contribution in [0.3, 0.4) is 0 Å². The third kappa shape index (κ3) is 3.04. The summed E-state index contributed by atoms with van der Waals surface area (Å²) in [7, 11) is 1.84. The number of nitrogens with one attached hydrogen (secondary N) is 2. The second-order valence-electron chi connectivity index (χ2n) is 4.58. The molecule has 0 fully saturated rings. The van der Waals surface area contributed by atoms with Crippen LogP contribution in [0.1, 0.15) is 5.69 Å². The first-order valence-corrected chi connectivity index (χ1v) is 7.48. The molecule has 0 saturated carbocycles. The number of rotatable bonds is 4. The van der Waals surface area contributed by atoms with Crippen molar-refractivity contribution in [2.45, 2.75) is 6.92 Å². The van der Waals surface area contributed by atoms with E-state index in [2.05, 4.69) is 25.6 Å². The van der Waals surface area contributed by atoms with Gasteiger partial charge in [-0.2, -0.15) is 0 Å². The molecule has 2 N–H and O–H groups in total. The van der Waals surface area contributed by atoms with Gasteiger partial charge in [0.2, 0.25) is 5.95 Å². The lowest BCUT2D eigenvalue weighted by Crippen LogP contribution is -1.97. The highest BCUT2D eigenvalue weighted by Crippen LogP contribution is 2.31. The lowest BCUT2D eigenvalue weighted by Gasteiger charge is -2.05. The lowest BCUT2D eigenvalue weighted by atomic mass is 10.3. The predicted octanol–water partition coefficient (Wildman–Crippen LogP) is 3.83. The number of benzene rings is 1. The van der Waals surface area contributed by atoms with Crippen molar-refractivity contribution >= 4 is 28.1 Å². The van der Waals surface area contributed by atoms with Gasteiger partial charge in [-0.1, -0.05) is 11.3 Å². The SMILES string of the molecule is CNc1nc(C)c(-c2ccnc(Nc3ccc(F)cc3)n2)s1. The second kappa shape index (κ2) is 6.07. The molecule has 2 aromatic heterocycles. The zero-order chi connectivity index (χ0) is 15.5. The number of hydrogen-bond donors (Lipinski definition) is 2. The highest BCUT2D eigenvalue weighted by molar-refractivity contribution is 7.19. The van der Waals surface area contributed by atoms with Crippen LogP contribution >= 0.6 is 11.3 Å². The van der Waals surface area contributed by atoms with Gasteiger partial charge in [-0.25, -0.2) is 19.3 Å². The van der Waals surface area contributed by atoms with E-state index < -0.39 is 0 Å². The summed E-state index contributed by atoms with van der Waals surface area (Å²) in [5.41, 5.74) is 2.45. The minimum absolute atomic E-state index is 0.278. The number of thiazole rings is 1. The molecule has 0 amide bonds. The topological polar surface area (TPSA) is 62.7 Å². The molecular formula is C15H14FN5S. The highest BCUT2D eigenvalue weighted by Gasteiger charge is 2.11. The summed E-state index contributed by atoms with van der Waals surface area (Å²) in [6.07, 6.45) is 1.69. The first kappa shape index (κ1) is 14.4. The van der Waals surface area contributed by atoms with E-state index in [1.54, 1.807) is 18.3 Å². The van der Waals surface area contributed by atoms with Gasteiger partial charge in [0.1, 0.15) is 5.82 Å². The van der Waals surface area contributed by atoms with Gasteiger partial charge in [0.15, 0.2) is 5.13 Å². The minimum atomic E-state index is -0.278. The van der Waals surface area contributed by atoms with E-state index in [0.29, 0.717) is 5.95 Å². The quantitative estimate of drug-likeness (QED) is 0.766. The first-order valence-electron chi connectivity index (χ1n) is 6.67. The van der Waals surface area contributed by atoms with Crippen molar-refractivity contribution in [2.75, 3.05) is 17.7 Å². The van der Waals surface area contributed by atoms with E-state index in [-0.39, 0.29) is 5.82 Å². The predicted molar refractivity (Wildman–Crippen MR) is 87.1 cm³/mol. The molecule has 0 atom stereocenters. The van der Waals surface area contributed by atoms with Crippen LogP contribution in [0.2, 0.25) is 0 Å². The van der Waals surface area contributed by atoms with Crippen molar-refractivity contribution in [1.29, 1.82) is 0 Å². The van der Waals surface area contributed by atoms with Gasteiger partial charge in [0, 0.05) is 18.9 Å². The molecule has 0 radical (unpaired) electrons. The zero-order valence-corrected chi connectivity index (χ0v) is 12.9. The molecule has 2 heterocycles. The molecule has 0 bridgehead atoms. The molecule has 112 valence electrons. The fourth-order valence-electron chi connectivity index (χ4n) is 1.95. The van der Waals surface area contributed by atoms with Crippen molar-refractivity contribution < 1.29 is 4.39 Å². The normalized spacial score (nSPS) is 10.5. The van der Waals surface area contributed by atoms with Gasteiger partial charge in [0.05, 0.1) is 16.3 Å². The number of hydrogen-bond acceptors (Lipinski definition) is 6. The van der Waals surface area contributed by atoms with Crippen LogP contribution in [0.4, 0.5) is 21.2 Å². The van der Waals surface area contributed by atoms with E-state index in [1.807, 2.05) is 20.0 Å². The fraction of sp³-hybridized carbons (Fsp3) is 0.133. The third-order valence-corrected chi connectivity index (χ3v) is 4.20. The van der Waals surface area contributed by atoms with E-state index in [1.165, 1.54) is 23.5 Å². The monoisotopic (exact) mass is 315 g/mol. The summed E-state index contributed by atoms with van der Waals surface area (Å²) in [5.74, 6) is 0.183. The largest absolute Gasteiger partial charge is 0.365 e. The Morgan fingerprint density at radius 2 is 1.86 bits per heavy atom. The highest BCUT2D eigenvalue weighted by atomic mass is 32.1. The molecule has 5 nitrogen and oxygen atoms in total. The average Bonchev–Trinajstić information content (AvgIpc) is 2.91. The Bertz CT molecular complexity index is 785. The Kier molecular flexibility index (Phi) is 3.97. The molecule has 3 rings (SSSR count). The molecule has 1 aromatic carbocycles. The maximum Gasteiger partial charge on any atom is 0.227 e. The van der Waals surface area contributed by atoms with Crippen LogP contribution < -0.4 is 10.6 Å². The zero-order valence-electron chi connectivity index (χ0n) is 12.1. The maximum atomic E-state index is 12.9. The van der Waals surface area contributed by atoms with Crippen LogP contribution in [0.5, 0.6) is 0 Å². The van der Waals surface area contributed by atoms with Crippen molar-refractivity contribution in [1.82, 2.24) is 15.0 Å². The number of nitrogens with zero attached hydrogens (tertiary/aromatic N) is 3. The van der Waals surface area contributed by atoms with Crippen LogP contribution in [0, 0.1) is 12.7 Å². The van der Waals surface area contributed by atoms with Gasteiger partial charge in [0.25, 0.3) is 0 Å². The molecule has 22 heavy (non-hydrogen) atoms. The van der Waals surface area contributed by atoms with E-state index in [0.717, 1.165) is 27.1 Å². The maximum absolute atomic E-state index is 12.9. The Balaban J connectivity index is 1.88. The Morgan fingerprint density at radius 3 is 2.55 bits per heavy atom. The van der Waals surface area contributed by atoms with Crippen LogP contribution in [0.15, 0.2) is 36.5 Å². The molecule has 3 aromatic rings. The Labute approximate surface area is 131 Å². The average molecular weight is 315 g/mol. The second-order valence-corrected chi connectivity index (χ2v) is 5.58. The number of anilines is 3. The van der Waals surface area contributed by atoms with Gasteiger partial charge >= 0.3 is 0 Å². The van der Waals surface area contributed by atoms with Crippen molar-refractivity contribution in [2.24, 2.45) is 0 Å². The summed E-state index contributed by atoms with van der Waals surface area (Å²) in [6, 6.07) is 7.90. The number of aromatic nitrogens is 3. The van der Waals surface area contributed by atoms with Crippen LogP contribution in [0.25, 0.3) is 10.6 Å². The van der Waals surface area contributed by atoms with Gasteiger partial charge in [-0.05, 0) is 37.3 Å². The molecule has 7 heteroatoms.